The van der Waals surface area contributed by atoms with Crippen molar-refractivity contribution >= 4 is 17.4 Å². The van der Waals surface area contributed by atoms with Crippen molar-refractivity contribution in [2.45, 2.75) is 26.3 Å². The Labute approximate surface area is 88.3 Å². The number of nitrogens with one attached hydrogen (secondary N) is 1. The predicted octanol–water partition coefficient (Wildman–Crippen LogP) is 1.62. The van der Waals surface area contributed by atoms with Crippen molar-refractivity contribution in [1.82, 2.24) is 9.97 Å². The zero-order chi connectivity index (χ0) is 10.6. The summed E-state index contributed by atoms with van der Waals surface area (Å²) < 4.78 is 0. The number of hydrogen-bond donors (Lipinski definition) is 2. The highest BCUT2D eigenvalue weighted by molar-refractivity contribution is 6.29. The zero-order valence-electron chi connectivity index (χ0n) is 8.29. The Kier molecular flexibility index (Phi) is 4.10. The van der Waals surface area contributed by atoms with E-state index in [4.69, 9.17) is 16.7 Å². The number of aromatic nitrogens is 2. The summed E-state index contributed by atoms with van der Waals surface area (Å²) in [7, 11) is 0. The number of aryl methyl sites for hydroxylation is 1. The van der Waals surface area contributed by atoms with Crippen LogP contribution in [0.15, 0.2) is 6.07 Å². The molecule has 0 amide bonds. The van der Waals surface area contributed by atoms with Gasteiger partial charge in [0, 0.05) is 18.7 Å². The van der Waals surface area contributed by atoms with Crippen LogP contribution in [0.4, 0.5) is 5.82 Å². The monoisotopic (exact) mass is 215 g/mol. The van der Waals surface area contributed by atoms with Crippen molar-refractivity contribution in [1.29, 1.82) is 0 Å². The minimum atomic E-state index is 0.159. The molecule has 14 heavy (non-hydrogen) atoms. The number of rotatable bonds is 4. The fourth-order valence-electron chi connectivity index (χ4n) is 1.12. The van der Waals surface area contributed by atoms with Crippen LogP contribution < -0.4 is 5.32 Å². The standard InChI is InChI=1S/C9H14ClN3O/c1-6(3-4-14)11-9-5-8(10)12-7(2)13-9/h5-6,14H,3-4H2,1-2H3,(H,11,12,13). The van der Waals surface area contributed by atoms with Gasteiger partial charge in [-0.3, -0.25) is 0 Å². The van der Waals surface area contributed by atoms with E-state index in [1.165, 1.54) is 0 Å². The first kappa shape index (κ1) is 11.2. The molecule has 78 valence electrons. The first-order chi connectivity index (χ1) is 6.61. The molecule has 1 rings (SSSR count). The van der Waals surface area contributed by atoms with Crippen molar-refractivity contribution in [3.8, 4) is 0 Å². The lowest BCUT2D eigenvalue weighted by Crippen LogP contribution is -2.17. The molecule has 0 fully saturated rings. The molecular formula is C9H14ClN3O. The maximum Gasteiger partial charge on any atom is 0.134 e. The number of hydrogen-bond acceptors (Lipinski definition) is 4. The van der Waals surface area contributed by atoms with E-state index >= 15 is 0 Å². The predicted molar refractivity (Wildman–Crippen MR) is 56.6 cm³/mol. The number of halogens is 1. The first-order valence-electron chi connectivity index (χ1n) is 4.50. The van der Waals surface area contributed by atoms with Gasteiger partial charge in [0.05, 0.1) is 0 Å². The fourth-order valence-corrected chi connectivity index (χ4v) is 1.35. The van der Waals surface area contributed by atoms with E-state index in [-0.39, 0.29) is 12.6 Å². The molecule has 0 spiro atoms. The summed E-state index contributed by atoms with van der Waals surface area (Å²) in [5.74, 6) is 1.33. The first-order valence-corrected chi connectivity index (χ1v) is 4.88. The quantitative estimate of drug-likeness (QED) is 0.750. The van der Waals surface area contributed by atoms with Crippen molar-refractivity contribution in [3.63, 3.8) is 0 Å². The molecule has 0 aromatic carbocycles. The topological polar surface area (TPSA) is 58.0 Å². The van der Waals surface area contributed by atoms with Gasteiger partial charge < -0.3 is 10.4 Å². The summed E-state index contributed by atoms with van der Waals surface area (Å²) in [5.41, 5.74) is 0. The molecule has 0 saturated carbocycles. The molecule has 1 atom stereocenters. The average Bonchev–Trinajstić information content (AvgIpc) is 2.01. The van der Waals surface area contributed by atoms with Gasteiger partial charge in [0.2, 0.25) is 0 Å². The summed E-state index contributed by atoms with van der Waals surface area (Å²) in [5, 5.41) is 12.3. The molecule has 0 bridgehead atoms. The third kappa shape index (κ3) is 3.47. The Morgan fingerprint density at radius 1 is 1.57 bits per heavy atom. The normalized spacial score (nSPS) is 12.6. The highest BCUT2D eigenvalue weighted by Gasteiger charge is 2.04. The molecule has 4 nitrogen and oxygen atoms in total. The zero-order valence-corrected chi connectivity index (χ0v) is 9.04. The largest absolute Gasteiger partial charge is 0.396 e. The molecular weight excluding hydrogens is 202 g/mol. The van der Waals surface area contributed by atoms with E-state index in [2.05, 4.69) is 15.3 Å². The van der Waals surface area contributed by atoms with Crippen LogP contribution in [0.3, 0.4) is 0 Å². The molecule has 1 aromatic rings. The van der Waals surface area contributed by atoms with E-state index in [1.807, 2.05) is 6.92 Å². The van der Waals surface area contributed by atoms with Gasteiger partial charge in [-0.2, -0.15) is 0 Å². The summed E-state index contributed by atoms with van der Waals surface area (Å²) in [6.07, 6.45) is 0.681. The maximum absolute atomic E-state index is 8.73. The van der Waals surface area contributed by atoms with Crippen LogP contribution in [-0.2, 0) is 0 Å². The summed E-state index contributed by atoms with van der Waals surface area (Å²) in [6, 6.07) is 1.84. The highest BCUT2D eigenvalue weighted by Crippen LogP contribution is 2.12. The van der Waals surface area contributed by atoms with Gasteiger partial charge in [-0.05, 0) is 20.3 Å². The van der Waals surface area contributed by atoms with Gasteiger partial charge in [0.25, 0.3) is 0 Å². The fraction of sp³-hybridized carbons (Fsp3) is 0.556. The van der Waals surface area contributed by atoms with Gasteiger partial charge in [-0.25, -0.2) is 9.97 Å². The van der Waals surface area contributed by atoms with Crippen LogP contribution >= 0.6 is 11.6 Å². The van der Waals surface area contributed by atoms with Gasteiger partial charge >= 0.3 is 0 Å². The summed E-state index contributed by atoms with van der Waals surface area (Å²) in [4.78, 5) is 8.12. The Bertz CT molecular complexity index is 286. The SMILES string of the molecule is Cc1nc(Cl)cc(NC(C)CCO)n1. The van der Waals surface area contributed by atoms with Gasteiger partial charge in [-0.15, -0.1) is 0 Å². The second-order valence-corrected chi connectivity index (χ2v) is 3.57. The number of aliphatic hydroxyl groups is 1. The molecule has 1 unspecified atom stereocenters. The number of anilines is 1. The van der Waals surface area contributed by atoms with E-state index < -0.39 is 0 Å². The van der Waals surface area contributed by atoms with E-state index in [9.17, 15) is 0 Å². The van der Waals surface area contributed by atoms with E-state index in [0.717, 1.165) is 0 Å². The summed E-state index contributed by atoms with van der Waals surface area (Å²) >= 11 is 5.77. The molecule has 1 aromatic heterocycles. The van der Waals surface area contributed by atoms with Crippen LogP contribution in [0, 0.1) is 6.92 Å². The van der Waals surface area contributed by atoms with Crippen molar-refractivity contribution in [2.75, 3.05) is 11.9 Å². The third-order valence-electron chi connectivity index (χ3n) is 1.76. The Hall–Kier alpha value is -0.870. The lowest BCUT2D eigenvalue weighted by Gasteiger charge is -2.13. The lowest BCUT2D eigenvalue weighted by atomic mass is 10.2. The molecule has 0 radical (unpaired) electrons. The van der Waals surface area contributed by atoms with Crippen LogP contribution in [0.2, 0.25) is 5.15 Å². The average molecular weight is 216 g/mol. The van der Waals surface area contributed by atoms with Crippen LogP contribution in [0.5, 0.6) is 0 Å². The Morgan fingerprint density at radius 2 is 2.29 bits per heavy atom. The van der Waals surface area contributed by atoms with Gasteiger partial charge in [0.15, 0.2) is 0 Å². The van der Waals surface area contributed by atoms with Gasteiger partial charge in [0.1, 0.15) is 16.8 Å². The molecule has 0 saturated heterocycles. The molecule has 0 aliphatic heterocycles. The lowest BCUT2D eigenvalue weighted by molar-refractivity contribution is 0.282. The molecule has 0 aliphatic rings. The summed E-state index contributed by atoms with van der Waals surface area (Å²) in [6.45, 7) is 3.92. The number of aliphatic hydroxyl groups excluding tert-OH is 1. The van der Waals surface area contributed by atoms with E-state index in [0.29, 0.717) is 23.2 Å². The molecule has 2 N–H and O–H groups in total. The second-order valence-electron chi connectivity index (χ2n) is 3.18. The molecule has 5 heteroatoms. The van der Waals surface area contributed by atoms with Crippen molar-refractivity contribution in [3.05, 3.63) is 17.0 Å². The minimum Gasteiger partial charge on any atom is -0.396 e. The van der Waals surface area contributed by atoms with Crippen molar-refractivity contribution < 1.29 is 5.11 Å². The van der Waals surface area contributed by atoms with Gasteiger partial charge in [-0.1, -0.05) is 11.6 Å². The second kappa shape index (κ2) is 5.12. The minimum absolute atomic E-state index is 0.159. The third-order valence-corrected chi connectivity index (χ3v) is 1.96. The molecule has 0 aliphatic carbocycles. The van der Waals surface area contributed by atoms with Crippen LogP contribution in [-0.4, -0.2) is 27.7 Å². The molecule has 1 heterocycles. The highest BCUT2D eigenvalue weighted by atomic mass is 35.5. The van der Waals surface area contributed by atoms with Crippen LogP contribution in [0.1, 0.15) is 19.2 Å². The maximum atomic E-state index is 8.73. The van der Waals surface area contributed by atoms with Crippen molar-refractivity contribution in [2.24, 2.45) is 0 Å². The van der Waals surface area contributed by atoms with Crippen LogP contribution in [0.25, 0.3) is 0 Å². The Morgan fingerprint density at radius 3 is 2.86 bits per heavy atom. The smallest absolute Gasteiger partial charge is 0.134 e. The van der Waals surface area contributed by atoms with E-state index in [1.54, 1.807) is 13.0 Å². The Balaban J connectivity index is 2.66. The number of nitrogens with zero attached hydrogens (tertiary/aromatic N) is 2.